The molecular formula is C12H18N2O. The molecule has 1 aliphatic heterocycles. The molecule has 0 aliphatic carbocycles. The van der Waals surface area contributed by atoms with Gasteiger partial charge in [-0.1, -0.05) is 12.1 Å². The van der Waals surface area contributed by atoms with Crippen molar-refractivity contribution in [2.45, 2.75) is 25.5 Å². The largest absolute Gasteiger partial charge is 0.388 e. The smallest absolute Gasteiger partial charge is 0.0810 e. The molecule has 0 aromatic heterocycles. The molecule has 15 heavy (non-hydrogen) atoms. The SMILES string of the molecule is CC1(O)CCN(c2ccc(CN)cc2)C1. The van der Waals surface area contributed by atoms with Crippen LogP contribution in [0, 0.1) is 0 Å². The normalized spacial score (nSPS) is 25.9. The van der Waals surface area contributed by atoms with Crippen LogP contribution in [0.5, 0.6) is 0 Å². The zero-order chi connectivity index (χ0) is 10.9. The Balaban J connectivity index is 2.11. The molecule has 1 saturated heterocycles. The van der Waals surface area contributed by atoms with Crippen molar-refractivity contribution in [1.29, 1.82) is 0 Å². The summed E-state index contributed by atoms with van der Waals surface area (Å²) in [5, 5.41) is 9.87. The molecule has 1 fully saturated rings. The molecular weight excluding hydrogens is 188 g/mol. The van der Waals surface area contributed by atoms with Crippen LogP contribution < -0.4 is 10.6 Å². The quantitative estimate of drug-likeness (QED) is 0.762. The van der Waals surface area contributed by atoms with Crippen LogP contribution in [0.15, 0.2) is 24.3 Å². The van der Waals surface area contributed by atoms with Gasteiger partial charge in [0.2, 0.25) is 0 Å². The van der Waals surface area contributed by atoms with Gasteiger partial charge in [0.15, 0.2) is 0 Å². The Morgan fingerprint density at radius 1 is 1.40 bits per heavy atom. The van der Waals surface area contributed by atoms with Crippen molar-refractivity contribution >= 4 is 5.69 Å². The fourth-order valence-corrected chi connectivity index (χ4v) is 2.01. The maximum Gasteiger partial charge on any atom is 0.0810 e. The summed E-state index contributed by atoms with van der Waals surface area (Å²) in [6.07, 6.45) is 0.839. The summed E-state index contributed by atoms with van der Waals surface area (Å²) in [6.45, 7) is 4.11. The lowest BCUT2D eigenvalue weighted by Gasteiger charge is -2.20. The number of nitrogens with two attached hydrogens (primary N) is 1. The fourth-order valence-electron chi connectivity index (χ4n) is 2.01. The number of nitrogens with zero attached hydrogens (tertiary/aromatic N) is 1. The van der Waals surface area contributed by atoms with E-state index in [1.807, 2.05) is 19.1 Å². The number of hydrogen-bond donors (Lipinski definition) is 2. The molecule has 1 aliphatic rings. The zero-order valence-electron chi connectivity index (χ0n) is 9.11. The highest BCUT2D eigenvalue weighted by Gasteiger charge is 2.31. The second kappa shape index (κ2) is 3.83. The second-order valence-corrected chi connectivity index (χ2v) is 4.54. The van der Waals surface area contributed by atoms with Gasteiger partial charge in [0.05, 0.1) is 5.60 Å². The van der Waals surface area contributed by atoms with E-state index in [0.29, 0.717) is 6.54 Å². The molecule has 3 nitrogen and oxygen atoms in total. The molecule has 0 radical (unpaired) electrons. The molecule has 1 heterocycles. The molecule has 3 N–H and O–H groups in total. The van der Waals surface area contributed by atoms with Crippen LogP contribution >= 0.6 is 0 Å². The van der Waals surface area contributed by atoms with E-state index in [1.165, 1.54) is 5.69 Å². The van der Waals surface area contributed by atoms with Crippen molar-refractivity contribution in [3.63, 3.8) is 0 Å². The molecule has 1 atom stereocenters. The van der Waals surface area contributed by atoms with E-state index >= 15 is 0 Å². The first kappa shape index (κ1) is 10.5. The van der Waals surface area contributed by atoms with Crippen LogP contribution in [0.2, 0.25) is 0 Å². The van der Waals surface area contributed by atoms with Crippen molar-refractivity contribution in [2.24, 2.45) is 5.73 Å². The van der Waals surface area contributed by atoms with E-state index in [0.717, 1.165) is 25.1 Å². The minimum absolute atomic E-state index is 0.535. The molecule has 2 rings (SSSR count). The highest BCUT2D eigenvalue weighted by molar-refractivity contribution is 5.49. The summed E-state index contributed by atoms with van der Waals surface area (Å²) in [5.74, 6) is 0. The number of aliphatic hydroxyl groups is 1. The van der Waals surface area contributed by atoms with Crippen molar-refractivity contribution in [1.82, 2.24) is 0 Å². The molecule has 0 saturated carbocycles. The fraction of sp³-hybridized carbons (Fsp3) is 0.500. The van der Waals surface area contributed by atoms with E-state index < -0.39 is 5.60 Å². The Bertz CT molecular complexity index is 332. The van der Waals surface area contributed by atoms with E-state index in [1.54, 1.807) is 0 Å². The monoisotopic (exact) mass is 206 g/mol. The van der Waals surface area contributed by atoms with Crippen molar-refractivity contribution < 1.29 is 5.11 Å². The van der Waals surface area contributed by atoms with Gasteiger partial charge >= 0.3 is 0 Å². The average molecular weight is 206 g/mol. The maximum absolute atomic E-state index is 9.87. The first-order valence-electron chi connectivity index (χ1n) is 5.37. The van der Waals surface area contributed by atoms with Crippen LogP contribution in [-0.2, 0) is 6.54 Å². The van der Waals surface area contributed by atoms with Crippen molar-refractivity contribution in [3.05, 3.63) is 29.8 Å². The van der Waals surface area contributed by atoms with Crippen LogP contribution in [0.3, 0.4) is 0 Å². The minimum atomic E-state index is -0.535. The summed E-state index contributed by atoms with van der Waals surface area (Å²) in [6, 6.07) is 8.23. The zero-order valence-corrected chi connectivity index (χ0v) is 9.11. The number of benzene rings is 1. The highest BCUT2D eigenvalue weighted by atomic mass is 16.3. The van der Waals surface area contributed by atoms with Crippen LogP contribution in [0.4, 0.5) is 5.69 Å². The molecule has 0 spiro atoms. The van der Waals surface area contributed by atoms with Crippen LogP contribution in [-0.4, -0.2) is 23.8 Å². The van der Waals surface area contributed by atoms with Crippen molar-refractivity contribution in [3.8, 4) is 0 Å². The van der Waals surface area contributed by atoms with Gasteiger partial charge in [-0.3, -0.25) is 0 Å². The van der Waals surface area contributed by atoms with Gasteiger partial charge in [0, 0.05) is 25.3 Å². The molecule has 1 unspecified atom stereocenters. The Morgan fingerprint density at radius 3 is 2.53 bits per heavy atom. The Morgan fingerprint density at radius 2 is 2.07 bits per heavy atom. The maximum atomic E-state index is 9.87. The predicted octanol–water partition coefficient (Wildman–Crippen LogP) is 1.11. The number of anilines is 1. The summed E-state index contributed by atoms with van der Waals surface area (Å²) < 4.78 is 0. The van der Waals surface area contributed by atoms with Gasteiger partial charge < -0.3 is 15.7 Å². The first-order chi connectivity index (χ1) is 7.11. The Labute approximate surface area is 90.5 Å². The summed E-state index contributed by atoms with van der Waals surface area (Å²) in [7, 11) is 0. The lowest BCUT2D eigenvalue weighted by molar-refractivity contribution is 0.0839. The Kier molecular flexibility index (Phi) is 2.67. The van der Waals surface area contributed by atoms with Crippen LogP contribution in [0.25, 0.3) is 0 Å². The van der Waals surface area contributed by atoms with Crippen molar-refractivity contribution in [2.75, 3.05) is 18.0 Å². The third-order valence-electron chi connectivity index (χ3n) is 2.99. The lowest BCUT2D eigenvalue weighted by Crippen LogP contribution is -2.29. The van der Waals surface area contributed by atoms with E-state index in [2.05, 4.69) is 17.0 Å². The molecule has 0 bridgehead atoms. The van der Waals surface area contributed by atoms with Gasteiger partial charge in [-0.15, -0.1) is 0 Å². The van der Waals surface area contributed by atoms with E-state index in [4.69, 9.17) is 5.73 Å². The van der Waals surface area contributed by atoms with E-state index in [9.17, 15) is 5.11 Å². The number of β-amino-alcohol motifs (C(OH)–C–C–N with tert-alkyl or cyclic N) is 1. The summed E-state index contributed by atoms with van der Waals surface area (Å²) in [4.78, 5) is 2.21. The molecule has 1 aromatic carbocycles. The topological polar surface area (TPSA) is 49.5 Å². The van der Waals surface area contributed by atoms with Gasteiger partial charge in [0.25, 0.3) is 0 Å². The lowest BCUT2D eigenvalue weighted by atomic mass is 10.1. The van der Waals surface area contributed by atoms with Gasteiger partial charge in [-0.2, -0.15) is 0 Å². The Hall–Kier alpha value is -1.06. The van der Waals surface area contributed by atoms with Gasteiger partial charge in [-0.05, 0) is 31.0 Å². The highest BCUT2D eigenvalue weighted by Crippen LogP contribution is 2.26. The number of rotatable bonds is 2. The van der Waals surface area contributed by atoms with Crippen LogP contribution in [0.1, 0.15) is 18.9 Å². The molecule has 0 amide bonds. The third kappa shape index (κ3) is 2.30. The molecule has 1 aromatic rings. The minimum Gasteiger partial charge on any atom is -0.388 e. The van der Waals surface area contributed by atoms with Gasteiger partial charge in [0.1, 0.15) is 0 Å². The molecule has 3 heteroatoms. The van der Waals surface area contributed by atoms with E-state index in [-0.39, 0.29) is 0 Å². The summed E-state index contributed by atoms with van der Waals surface area (Å²) in [5.41, 5.74) is 7.32. The third-order valence-corrected chi connectivity index (χ3v) is 2.99. The second-order valence-electron chi connectivity index (χ2n) is 4.54. The van der Waals surface area contributed by atoms with Gasteiger partial charge in [-0.25, -0.2) is 0 Å². The first-order valence-corrected chi connectivity index (χ1v) is 5.37. The molecule has 82 valence electrons. The number of hydrogen-bond acceptors (Lipinski definition) is 3. The summed E-state index contributed by atoms with van der Waals surface area (Å²) >= 11 is 0. The standard InChI is InChI=1S/C12H18N2O/c1-12(15)6-7-14(9-12)11-4-2-10(8-13)3-5-11/h2-5,15H,6-9,13H2,1H3. The predicted molar refractivity (Wildman–Crippen MR) is 61.8 cm³/mol. The average Bonchev–Trinajstić information content (AvgIpc) is 2.59.